The molecule has 1 unspecified atom stereocenters. The van der Waals surface area contributed by atoms with Gasteiger partial charge < -0.3 is 19.9 Å². The maximum Gasteiger partial charge on any atom is 0.225 e. The Kier molecular flexibility index (Phi) is 6.50. The summed E-state index contributed by atoms with van der Waals surface area (Å²) in [5, 5.41) is 15.7. The standard InChI is InChI=1S/C28H27NO4/c1-18-7-11-20(12-8-18)29-27(30)17-25(19-9-13-21(32-2)14-10-19)24-16-15-22-23(28(24)31)5-4-6-26(22)33-3/h4-16,25,31H,17H2,1-3H3,(H,29,30). The number of fused-ring (bicyclic) bond motifs is 1. The Labute approximate surface area is 193 Å². The molecule has 0 fully saturated rings. The second kappa shape index (κ2) is 9.65. The Morgan fingerprint density at radius 3 is 2.27 bits per heavy atom. The summed E-state index contributed by atoms with van der Waals surface area (Å²) in [6.07, 6.45) is 0.170. The molecule has 0 bridgehead atoms. The predicted molar refractivity (Wildman–Crippen MR) is 131 cm³/mol. The molecule has 0 saturated heterocycles. The molecule has 5 nitrogen and oxygen atoms in total. The van der Waals surface area contributed by atoms with Crippen LogP contribution in [0.1, 0.15) is 29.0 Å². The van der Waals surface area contributed by atoms with Gasteiger partial charge in [-0.15, -0.1) is 0 Å². The number of phenols is 1. The van der Waals surface area contributed by atoms with Crippen LogP contribution >= 0.6 is 0 Å². The molecule has 2 N–H and O–H groups in total. The van der Waals surface area contributed by atoms with Crippen LogP contribution in [0.4, 0.5) is 5.69 Å². The van der Waals surface area contributed by atoms with E-state index in [2.05, 4.69) is 5.32 Å². The second-order valence-electron chi connectivity index (χ2n) is 8.00. The predicted octanol–water partition coefficient (Wildman–Crippen LogP) is 6.03. The first-order chi connectivity index (χ1) is 16.0. The van der Waals surface area contributed by atoms with Crippen molar-refractivity contribution in [3.05, 3.63) is 95.6 Å². The Hall–Kier alpha value is -3.99. The van der Waals surface area contributed by atoms with E-state index < -0.39 is 0 Å². The zero-order valence-electron chi connectivity index (χ0n) is 19.0. The van der Waals surface area contributed by atoms with Gasteiger partial charge in [-0.2, -0.15) is 0 Å². The minimum Gasteiger partial charge on any atom is -0.507 e. The lowest BCUT2D eigenvalue weighted by Gasteiger charge is -2.21. The third-order valence-corrected chi connectivity index (χ3v) is 5.86. The fourth-order valence-electron chi connectivity index (χ4n) is 4.07. The summed E-state index contributed by atoms with van der Waals surface area (Å²) in [4.78, 5) is 13.0. The number of aromatic hydroxyl groups is 1. The van der Waals surface area contributed by atoms with E-state index in [9.17, 15) is 9.90 Å². The molecular weight excluding hydrogens is 414 g/mol. The monoisotopic (exact) mass is 441 g/mol. The number of amides is 1. The summed E-state index contributed by atoms with van der Waals surface area (Å²) in [6, 6.07) is 24.6. The van der Waals surface area contributed by atoms with Crippen molar-refractivity contribution < 1.29 is 19.4 Å². The smallest absolute Gasteiger partial charge is 0.225 e. The van der Waals surface area contributed by atoms with Gasteiger partial charge in [0.2, 0.25) is 5.91 Å². The second-order valence-corrected chi connectivity index (χ2v) is 8.00. The van der Waals surface area contributed by atoms with Gasteiger partial charge in [0.15, 0.2) is 0 Å². The maximum atomic E-state index is 13.0. The topological polar surface area (TPSA) is 67.8 Å². The molecule has 4 aromatic carbocycles. The van der Waals surface area contributed by atoms with Crippen LogP contribution in [0, 0.1) is 6.92 Å². The van der Waals surface area contributed by atoms with E-state index in [1.165, 1.54) is 0 Å². The van der Waals surface area contributed by atoms with Crippen molar-refractivity contribution in [2.75, 3.05) is 19.5 Å². The van der Waals surface area contributed by atoms with Gasteiger partial charge >= 0.3 is 0 Å². The highest BCUT2D eigenvalue weighted by Gasteiger charge is 2.23. The molecule has 1 amide bonds. The number of hydrogen-bond acceptors (Lipinski definition) is 4. The Morgan fingerprint density at radius 2 is 1.61 bits per heavy atom. The number of hydrogen-bond donors (Lipinski definition) is 2. The van der Waals surface area contributed by atoms with Gasteiger partial charge in [0.05, 0.1) is 14.2 Å². The molecule has 33 heavy (non-hydrogen) atoms. The van der Waals surface area contributed by atoms with Gasteiger partial charge in [-0.1, -0.05) is 54.1 Å². The van der Waals surface area contributed by atoms with Crippen molar-refractivity contribution >= 4 is 22.4 Å². The number of rotatable bonds is 7. The average molecular weight is 442 g/mol. The fourth-order valence-corrected chi connectivity index (χ4v) is 4.07. The number of benzene rings is 4. The minimum atomic E-state index is -0.350. The summed E-state index contributed by atoms with van der Waals surface area (Å²) in [5.41, 5.74) is 3.46. The summed E-state index contributed by atoms with van der Waals surface area (Å²) in [7, 11) is 3.22. The summed E-state index contributed by atoms with van der Waals surface area (Å²) >= 11 is 0. The van der Waals surface area contributed by atoms with Gasteiger partial charge in [-0.05, 0) is 42.8 Å². The van der Waals surface area contributed by atoms with Gasteiger partial charge in [-0.25, -0.2) is 0 Å². The fraction of sp³-hybridized carbons (Fsp3) is 0.179. The van der Waals surface area contributed by atoms with Crippen molar-refractivity contribution in [1.29, 1.82) is 0 Å². The first kappa shape index (κ1) is 22.2. The molecule has 4 aromatic rings. The number of carbonyl (C=O) groups excluding carboxylic acids is 1. The minimum absolute atomic E-state index is 0.134. The van der Waals surface area contributed by atoms with Crippen LogP contribution in [-0.2, 0) is 4.79 Å². The number of phenolic OH excluding ortho intramolecular Hbond substituents is 1. The molecule has 0 aliphatic rings. The highest BCUT2D eigenvalue weighted by molar-refractivity contribution is 5.95. The summed E-state index contributed by atoms with van der Waals surface area (Å²) in [5.74, 6) is 1.08. The molecule has 0 heterocycles. The molecule has 0 saturated carbocycles. The third-order valence-electron chi connectivity index (χ3n) is 5.86. The first-order valence-corrected chi connectivity index (χ1v) is 10.8. The third kappa shape index (κ3) is 4.77. The maximum absolute atomic E-state index is 13.0. The molecule has 0 aliphatic carbocycles. The highest BCUT2D eigenvalue weighted by Crippen LogP contribution is 2.41. The number of ether oxygens (including phenoxy) is 2. The van der Waals surface area contributed by atoms with Crippen LogP contribution in [0.3, 0.4) is 0 Å². The van der Waals surface area contributed by atoms with Crippen LogP contribution < -0.4 is 14.8 Å². The highest BCUT2D eigenvalue weighted by atomic mass is 16.5. The quantitative estimate of drug-likeness (QED) is 0.367. The summed E-state index contributed by atoms with van der Waals surface area (Å²) in [6.45, 7) is 2.00. The molecular formula is C28H27NO4. The van der Waals surface area contributed by atoms with Crippen LogP contribution in [0.15, 0.2) is 78.9 Å². The van der Waals surface area contributed by atoms with E-state index in [1.54, 1.807) is 14.2 Å². The van der Waals surface area contributed by atoms with E-state index >= 15 is 0 Å². The van der Waals surface area contributed by atoms with E-state index in [4.69, 9.17) is 9.47 Å². The Bertz CT molecular complexity index is 1260. The Morgan fingerprint density at radius 1 is 0.879 bits per heavy atom. The van der Waals surface area contributed by atoms with Gasteiger partial charge in [0.25, 0.3) is 0 Å². The van der Waals surface area contributed by atoms with E-state index in [0.717, 1.165) is 28.0 Å². The molecule has 4 rings (SSSR count). The first-order valence-electron chi connectivity index (χ1n) is 10.8. The number of nitrogens with one attached hydrogen (secondary N) is 1. The van der Waals surface area contributed by atoms with Crippen molar-refractivity contribution in [1.82, 2.24) is 0 Å². The largest absolute Gasteiger partial charge is 0.507 e. The van der Waals surface area contributed by atoms with Crippen molar-refractivity contribution in [2.24, 2.45) is 0 Å². The van der Waals surface area contributed by atoms with E-state index in [0.29, 0.717) is 16.7 Å². The zero-order chi connectivity index (χ0) is 23.4. The van der Waals surface area contributed by atoms with Gasteiger partial charge in [0.1, 0.15) is 17.2 Å². The zero-order valence-corrected chi connectivity index (χ0v) is 19.0. The van der Waals surface area contributed by atoms with Crippen molar-refractivity contribution in [2.45, 2.75) is 19.3 Å². The number of methoxy groups -OCH3 is 2. The molecule has 168 valence electrons. The molecule has 0 aromatic heterocycles. The lowest BCUT2D eigenvalue weighted by molar-refractivity contribution is -0.116. The van der Waals surface area contributed by atoms with E-state index in [-0.39, 0.29) is 24.0 Å². The SMILES string of the molecule is COc1ccc(C(CC(=O)Nc2ccc(C)cc2)c2ccc3c(OC)cccc3c2O)cc1. The normalized spacial score (nSPS) is 11.7. The van der Waals surface area contributed by atoms with Crippen LogP contribution in [0.25, 0.3) is 10.8 Å². The molecule has 0 spiro atoms. The lowest BCUT2D eigenvalue weighted by atomic mass is 9.86. The molecule has 1 atom stereocenters. The van der Waals surface area contributed by atoms with Crippen LogP contribution in [-0.4, -0.2) is 25.2 Å². The van der Waals surface area contributed by atoms with Gasteiger partial charge in [-0.3, -0.25) is 4.79 Å². The molecule has 0 radical (unpaired) electrons. The molecule has 0 aliphatic heterocycles. The number of carbonyl (C=O) groups is 1. The Balaban J connectivity index is 1.73. The van der Waals surface area contributed by atoms with E-state index in [1.807, 2.05) is 85.8 Å². The van der Waals surface area contributed by atoms with Crippen LogP contribution in [0.2, 0.25) is 0 Å². The van der Waals surface area contributed by atoms with Gasteiger partial charge in [0, 0.05) is 34.4 Å². The molecule has 5 heteroatoms. The number of anilines is 1. The van der Waals surface area contributed by atoms with Crippen LogP contribution in [0.5, 0.6) is 17.2 Å². The van der Waals surface area contributed by atoms with Crippen molar-refractivity contribution in [3.63, 3.8) is 0 Å². The number of aryl methyl sites for hydroxylation is 1. The van der Waals surface area contributed by atoms with Crippen molar-refractivity contribution in [3.8, 4) is 17.2 Å². The summed E-state index contributed by atoms with van der Waals surface area (Å²) < 4.78 is 10.7. The lowest BCUT2D eigenvalue weighted by Crippen LogP contribution is -2.16. The average Bonchev–Trinajstić information content (AvgIpc) is 2.84.